The summed E-state index contributed by atoms with van der Waals surface area (Å²) >= 11 is 7.45. The smallest absolute Gasteiger partial charge is 0.259 e. The highest BCUT2D eigenvalue weighted by molar-refractivity contribution is 8.04. The second kappa shape index (κ2) is 8.12. The van der Waals surface area contributed by atoms with Gasteiger partial charge in [-0.1, -0.05) is 35.5 Å². The van der Waals surface area contributed by atoms with Gasteiger partial charge in [-0.25, -0.2) is 8.78 Å². The number of nitrogens with one attached hydrogen (secondary N) is 1. The first-order chi connectivity index (χ1) is 14.3. The topological polar surface area (TPSA) is 59.3 Å². The van der Waals surface area contributed by atoms with Crippen LogP contribution in [0, 0.1) is 16.8 Å². The molecule has 0 unspecified atom stereocenters. The van der Waals surface area contributed by atoms with Gasteiger partial charge in [0.2, 0.25) is 0 Å². The summed E-state index contributed by atoms with van der Waals surface area (Å²) in [5.74, 6) is -1.87. The number of thioether (sulfide) groups is 1. The molecule has 0 saturated carbocycles. The second-order valence-electron chi connectivity index (χ2n) is 6.74. The highest BCUT2D eigenvalue weighted by Gasteiger charge is 2.26. The zero-order chi connectivity index (χ0) is 21.4. The van der Waals surface area contributed by atoms with Gasteiger partial charge in [0.15, 0.2) is 24.0 Å². The molecule has 30 heavy (non-hydrogen) atoms. The van der Waals surface area contributed by atoms with E-state index in [9.17, 15) is 18.8 Å². The fourth-order valence-corrected chi connectivity index (χ4v) is 4.66. The summed E-state index contributed by atoms with van der Waals surface area (Å²) in [6.45, 7) is 1.84. The van der Waals surface area contributed by atoms with Gasteiger partial charge in [0.05, 0.1) is 16.2 Å². The monoisotopic (exact) mass is 447 g/mol. The molecule has 2 heterocycles. The van der Waals surface area contributed by atoms with Crippen molar-refractivity contribution < 1.29 is 18.3 Å². The van der Waals surface area contributed by atoms with Gasteiger partial charge in [0.1, 0.15) is 0 Å². The molecule has 3 aromatic rings. The number of carbonyl (C=O) groups is 1. The summed E-state index contributed by atoms with van der Waals surface area (Å²) in [5, 5.41) is 15.4. The fraction of sp³-hybridized carbons (Fsp3) is 0.143. The quantitative estimate of drug-likeness (QED) is 0.474. The van der Waals surface area contributed by atoms with Gasteiger partial charge in [-0.3, -0.25) is 4.79 Å². The van der Waals surface area contributed by atoms with Gasteiger partial charge in [0.25, 0.3) is 5.91 Å². The lowest BCUT2D eigenvalue weighted by Gasteiger charge is -2.19. The number of fused-ring (bicyclic) bond motifs is 1. The molecule has 4 rings (SSSR count). The van der Waals surface area contributed by atoms with Crippen LogP contribution in [-0.4, -0.2) is 11.8 Å². The van der Waals surface area contributed by atoms with Crippen LogP contribution in [0.2, 0.25) is 5.02 Å². The number of nitrogens with zero attached hydrogens (tertiary/aromatic N) is 2. The maximum absolute atomic E-state index is 14.0. The molecule has 0 aliphatic carbocycles. The maximum Gasteiger partial charge on any atom is 0.259 e. The Bertz CT molecular complexity index is 1200. The van der Waals surface area contributed by atoms with Crippen LogP contribution in [0.3, 0.4) is 0 Å². The Hall–Kier alpha value is -2.84. The van der Waals surface area contributed by atoms with Crippen molar-refractivity contribution in [1.29, 1.82) is 0 Å². The predicted molar refractivity (Wildman–Crippen MR) is 114 cm³/mol. The lowest BCUT2D eigenvalue weighted by Crippen LogP contribution is -2.29. The zero-order valence-electron chi connectivity index (χ0n) is 15.8. The SMILES string of the molecule is CC1=C(C(=O)NCc2c[n+]([O-])cc3c(F)c(F)ccc23)SCN1c1cccc(Cl)c1. The molecule has 0 fully saturated rings. The van der Waals surface area contributed by atoms with E-state index in [1.807, 2.05) is 30.0 Å². The van der Waals surface area contributed by atoms with Crippen molar-refractivity contribution in [3.63, 3.8) is 0 Å². The van der Waals surface area contributed by atoms with Crippen LogP contribution in [0.15, 0.2) is 59.4 Å². The van der Waals surface area contributed by atoms with E-state index in [0.717, 1.165) is 23.6 Å². The van der Waals surface area contributed by atoms with E-state index in [0.29, 0.717) is 31.5 Å². The summed E-state index contributed by atoms with van der Waals surface area (Å²) in [5.41, 5.74) is 2.06. The van der Waals surface area contributed by atoms with Crippen molar-refractivity contribution in [2.45, 2.75) is 13.5 Å². The summed E-state index contributed by atoms with van der Waals surface area (Å²) in [6, 6.07) is 9.75. The van der Waals surface area contributed by atoms with E-state index in [1.54, 1.807) is 6.07 Å². The van der Waals surface area contributed by atoms with E-state index >= 15 is 0 Å². The maximum atomic E-state index is 14.0. The van der Waals surface area contributed by atoms with Gasteiger partial charge < -0.3 is 15.4 Å². The number of benzene rings is 2. The summed E-state index contributed by atoms with van der Waals surface area (Å²) in [7, 11) is 0. The molecule has 5 nitrogen and oxygen atoms in total. The number of pyridine rings is 1. The lowest BCUT2D eigenvalue weighted by molar-refractivity contribution is -0.604. The van der Waals surface area contributed by atoms with E-state index in [4.69, 9.17) is 11.6 Å². The first kappa shape index (κ1) is 20.4. The Morgan fingerprint density at radius 2 is 2.07 bits per heavy atom. The summed E-state index contributed by atoms with van der Waals surface area (Å²) in [4.78, 5) is 15.3. The Kier molecular flexibility index (Phi) is 5.53. The molecule has 0 bridgehead atoms. The van der Waals surface area contributed by atoms with Crippen molar-refractivity contribution in [2.75, 3.05) is 10.8 Å². The van der Waals surface area contributed by atoms with Gasteiger partial charge >= 0.3 is 0 Å². The third kappa shape index (κ3) is 3.80. The van der Waals surface area contributed by atoms with Crippen LogP contribution in [0.25, 0.3) is 10.8 Å². The molecule has 2 aromatic carbocycles. The minimum Gasteiger partial charge on any atom is -0.619 e. The number of hydrogen-bond donors (Lipinski definition) is 1. The van der Waals surface area contributed by atoms with Gasteiger partial charge in [-0.2, -0.15) is 4.73 Å². The first-order valence-electron chi connectivity index (χ1n) is 8.99. The van der Waals surface area contributed by atoms with Gasteiger partial charge in [0, 0.05) is 33.9 Å². The molecule has 0 saturated heterocycles. The summed E-state index contributed by atoms with van der Waals surface area (Å²) < 4.78 is 27.9. The molecule has 1 N–H and O–H groups in total. The predicted octanol–water partition coefficient (Wildman–Crippen LogP) is 4.46. The third-order valence-electron chi connectivity index (χ3n) is 4.85. The van der Waals surface area contributed by atoms with E-state index < -0.39 is 11.6 Å². The molecule has 1 aliphatic rings. The molecule has 0 atom stereocenters. The number of amides is 1. The van der Waals surface area contributed by atoms with Crippen LogP contribution in [0.4, 0.5) is 14.5 Å². The Morgan fingerprint density at radius 3 is 2.83 bits per heavy atom. The number of aromatic nitrogens is 1. The molecule has 9 heteroatoms. The van der Waals surface area contributed by atoms with Gasteiger partial charge in [-0.15, -0.1) is 0 Å². The van der Waals surface area contributed by atoms with Crippen LogP contribution in [-0.2, 0) is 11.3 Å². The van der Waals surface area contributed by atoms with E-state index in [-0.39, 0.29) is 17.8 Å². The molecule has 0 spiro atoms. The molecule has 1 amide bonds. The Morgan fingerprint density at radius 1 is 1.27 bits per heavy atom. The number of halogens is 3. The fourth-order valence-electron chi connectivity index (χ4n) is 3.35. The standard InChI is InChI=1S/C21H16ClF2N3O2S/c1-12-20(30-11-27(12)15-4-2-3-14(22)7-15)21(28)25-8-13-9-26(29)10-17-16(13)5-6-18(23)19(17)24/h2-7,9-10H,8,11H2,1H3,(H,25,28). The Labute approximate surface area is 180 Å². The number of allylic oxidation sites excluding steroid dienone is 1. The number of anilines is 1. The lowest BCUT2D eigenvalue weighted by atomic mass is 10.1. The van der Waals surface area contributed by atoms with Crippen LogP contribution < -0.4 is 14.9 Å². The van der Waals surface area contributed by atoms with Crippen molar-refractivity contribution in [3.05, 3.63) is 86.8 Å². The van der Waals surface area contributed by atoms with Crippen molar-refractivity contribution in [1.82, 2.24) is 5.32 Å². The van der Waals surface area contributed by atoms with E-state index in [2.05, 4.69) is 5.32 Å². The Balaban J connectivity index is 1.56. The number of hydrogen-bond acceptors (Lipinski definition) is 4. The molecular weight excluding hydrogens is 432 g/mol. The normalized spacial score (nSPS) is 13.9. The highest BCUT2D eigenvalue weighted by Crippen LogP contribution is 2.36. The highest BCUT2D eigenvalue weighted by atomic mass is 35.5. The van der Waals surface area contributed by atoms with Crippen molar-refractivity contribution in [3.8, 4) is 0 Å². The molecule has 154 valence electrons. The average molecular weight is 448 g/mol. The molecule has 0 radical (unpaired) electrons. The molecular formula is C21H16ClF2N3O2S. The average Bonchev–Trinajstić information content (AvgIpc) is 3.10. The minimum atomic E-state index is -1.09. The van der Waals surface area contributed by atoms with Crippen LogP contribution in [0.5, 0.6) is 0 Å². The van der Waals surface area contributed by atoms with E-state index in [1.165, 1.54) is 24.0 Å². The third-order valence-corrected chi connectivity index (χ3v) is 6.25. The van der Waals surface area contributed by atoms with Crippen LogP contribution >= 0.6 is 23.4 Å². The largest absolute Gasteiger partial charge is 0.619 e. The van der Waals surface area contributed by atoms with Crippen LogP contribution in [0.1, 0.15) is 12.5 Å². The molecule has 1 aromatic heterocycles. The number of carbonyl (C=O) groups excluding carboxylic acids is 1. The van der Waals surface area contributed by atoms with Gasteiger partial charge in [-0.05, 0) is 31.2 Å². The minimum absolute atomic E-state index is 0.00199. The first-order valence-corrected chi connectivity index (χ1v) is 10.4. The molecule has 1 aliphatic heterocycles. The zero-order valence-corrected chi connectivity index (χ0v) is 17.4. The second-order valence-corrected chi connectivity index (χ2v) is 8.14. The van der Waals surface area contributed by atoms with Crippen molar-refractivity contribution in [2.24, 2.45) is 0 Å². The van der Waals surface area contributed by atoms with Crippen molar-refractivity contribution >= 4 is 45.7 Å². The number of rotatable bonds is 4. The summed E-state index contributed by atoms with van der Waals surface area (Å²) in [6.07, 6.45) is 2.21.